The molecule has 1 atom stereocenters. The van der Waals surface area contributed by atoms with Crippen LogP contribution in [-0.4, -0.2) is 24.7 Å². The number of carbonyl (C=O) groups is 1. The summed E-state index contributed by atoms with van der Waals surface area (Å²) in [6.45, 7) is 7.41. The lowest BCUT2D eigenvalue weighted by Gasteiger charge is -2.25. The second kappa shape index (κ2) is 10.6. The maximum atomic E-state index is 12.5. The number of hydrogen-bond acceptors (Lipinski definition) is 4. The Morgan fingerprint density at radius 3 is 2.31 bits per heavy atom. The minimum atomic E-state index is -0.708. The van der Waals surface area contributed by atoms with Crippen LogP contribution in [0, 0.1) is 0 Å². The molecule has 0 radical (unpaired) electrons. The largest absolute Gasteiger partial charge is 0.490 e. The first kappa shape index (κ1) is 22.6. The van der Waals surface area contributed by atoms with Gasteiger partial charge < -0.3 is 20.5 Å². The summed E-state index contributed by atoms with van der Waals surface area (Å²) in [6, 6.07) is 5.74. The van der Waals surface area contributed by atoms with Crippen molar-refractivity contribution >= 4 is 18.3 Å². The van der Waals surface area contributed by atoms with Crippen LogP contribution >= 0.6 is 12.4 Å². The van der Waals surface area contributed by atoms with Gasteiger partial charge in [0.05, 0.1) is 24.8 Å². The van der Waals surface area contributed by atoms with Crippen molar-refractivity contribution in [3.8, 4) is 11.5 Å². The van der Waals surface area contributed by atoms with Crippen LogP contribution in [0.25, 0.3) is 0 Å². The lowest BCUT2D eigenvalue weighted by atomic mass is 9.97. The van der Waals surface area contributed by atoms with E-state index in [2.05, 4.69) is 19.2 Å². The molecule has 0 heterocycles. The van der Waals surface area contributed by atoms with Crippen molar-refractivity contribution in [2.75, 3.05) is 13.2 Å². The van der Waals surface area contributed by atoms with Gasteiger partial charge in [0.2, 0.25) is 5.91 Å². The number of halogens is 1. The van der Waals surface area contributed by atoms with Gasteiger partial charge in [-0.2, -0.15) is 0 Å². The average Bonchev–Trinajstić information content (AvgIpc) is 3.06. The Bertz CT molecular complexity index is 574. The van der Waals surface area contributed by atoms with Crippen molar-refractivity contribution in [3.05, 3.63) is 23.8 Å². The van der Waals surface area contributed by atoms with E-state index in [4.69, 9.17) is 15.2 Å². The fourth-order valence-corrected chi connectivity index (χ4v) is 3.11. The Labute approximate surface area is 163 Å². The zero-order chi connectivity index (χ0) is 18.3. The molecule has 0 aliphatic heterocycles. The summed E-state index contributed by atoms with van der Waals surface area (Å²) >= 11 is 0. The normalized spacial score (nSPS) is 16.5. The Hall–Kier alpha value is -1.46. The number of nitrogens with two attached hydrogens (primary N) is 1. The van der Waals surface area contributed by atoms with Gasteiger partial charge in [-0.25, -0.2) is 0 Å². The molecular weight excluding hydrogens is 352 g/mol. The van der Waals surface area contributed by atoms with E-state index in [1.165, 1.54) is 0 Å². The molecule has 3 N–H and O–H groups in total. The van der Waals surface area contributed by atoms with Crippen LogP contribution in [-0.2, 0) is 4.79 Å². The molecule has 1 aromatic rings. The van der Waals surface area contributed by atoms with E-state index in [1.54, 1.807) is 0 Å². The maximum absolute atomic E-state index is 12.5. The van der Waals surface area contributed by atoms with Gasteiger partial charge in [0.25, 0.3) is 0 Å². The maximum Gasteiger partial charge on any atom is 0.240 e. The quantitative estimate of drug-likeness (QED) is 0.671. The highest BCUT2D eigenvalue weighted by atomic mass is 35.5. The third-order valence-corrected chi connectivity index (χ3v) is 4.69. The number of nitrogens with one attached hydrogen (secondary N) is 1. The van der Waals surface area contributed by atoms with Gasteiger partial charge in [-0.15, -0.1) is 12.4 Å². The summed E-state index contributed by atoms with van der Waals surface area (Å²) in [5.74, 6) is 1.43. The molecule has 0 saturated heterocycles. The Kier molecular flexibility index (Phi) is 9.23. The summed E-state index contributed by atoms with van der Waals surface area (Å²) in [5, 5.41) is 3.06. The number of amides is 1. The Morgan fingerprint density at radius 1 is 1.15 bits per heavy atom. The minimum Gasteiger partial charge on any atom is -0.490 e. The third kappa shape index (κ3) is 5.78. The molecule has 0 spiro atoms. The lowest BCUT2D eigenvalue weighted by molar-refractivity contribution is -0.126. The molecule has 0 bridgehead atoms. The van der Waals surface area contributed by atoms with E-state index in [9.17, 15) is 4.79 Å². The average molecular weight is 385 g/mol. The second-order valence-electron chi connectivity index (χ2n) is 6.96. The number of ether oxygens (including phenoxy) is 2. The summed E-state index contributed by atoms with van der Waals surface area (Å²) in [5.41, 5.74) is 6.53. The van der Waals surface area contributed by atoms with E-state index >= 15 is 0 Å². The van der Waals surface area contributed by atoms with E-state index in [1.807, 2.05) is 25.1 Å². The van der Waals surface area contributed by atoms with Crippen LogP contribution in [0.15, 0.2) is 18.2 Å². The van der Waals surface area contributed by atoms with Gasteiger partial charge in [-0.3, -0.25) is 4.79 Å². The molecule has 6 heteroatoms. The number of carbonyl (C=O) groups excluding carboxylic acids is 1. The van der Waals surface area contributed by atoms with Crippen molar-refractivity contribution in [1.29, 1.82) is 0 Å². The predicted molar refractivity (Wildman–Crippen MR) is 107 cm³/mol. The summed E-state index contributed by atoms with van der Waals surface area (Å²) in [7, 11) is 0. The topological polar surface area (TPSA) is 73.6 Å². The van der Waals surface area contributed by atoms with Crippen LogP contribution < -0.4 is 20.5 Å². The van der Waals surface area contributed by atoms with Crippen molar-refractivity contribution in [2.45, 2.75) is 70.9 Å². The molecule has 5 nitrogen and oxygen atoms in total. The molecule has 1 unspecified atom stereocenters. The molecule has 1 aliphatic rings. The van der Waals surface area contributed by atoms with E-state index in [0.717, 1.165) is 55.6 Å². The highest BCUT2D eigenvalue weighted by Crippen LogP contribution is 2.32. The Morgan fingerprint density at radius 2 is 1.73 bits per heavy atom. The zero-order valence-electron chi connectivity index (χ0n) is 16.2. The molecule has 26 heavy (non-hydrogen) atoms. The minimum absolute atomic E-state index is 0. The molecule has 0 aromatic heterocycles. The third-order valence-electron chi connectivity index (χ3n) is 4.69. The van der Waals surface area contributed by atoms with Crippen LogP contribution in [0.1, 0.15) is 70.9 Å². The fraction of sp³-hybridized carbons (Fsp3) is 0.650. The molecule has 1 aliphatic carbocycles. The summed E-state index contributed by atoms with van der Waals surface area (Å²) < 4.78 is 11.6. The highest BCUT2D eigenvalue weighted by molar-refractivity contribution is 5.86. The number of hydrogen-bond donors (Lipinski definition) is 2. The first-order chi connectivity index (χ1) is 12.0. The number of rotatable bonds is 9. The van der Waals surface area contributed by atoms with Gasteiger partial charge in [0.15, 0.2) is 11.5 Å². The van der Waals surface area contributed by atoms with Gasteiger partial charge in [-0.05, 0) is 50.3 Å². The first-order valence-corrected chi connectivity index (χ1v) is 9.49. The molecular formula is C20H33ClN2O3. The van der Waals surface area contributed by atoms with E-state index in [0.29, 0.717) is 13.2 Å². The molecule has 1 saturated carbocycles. The first-order valence-electron chi connectivity index (χ1n) is 9.49. The van der Waals surface area contributed by atoms with Gasteiger partial charge >= 0.3 is 0 Å². The van der Waals surface area contributed by atoms with Crippen LogP contribution in [0.2, 0.25) is 0 Å². The van der Waals surface area contributed by atoms with E-state index in [-0.39, 0.29) is 24.4 Å². The second-order valence-corrected chi connectivity index (χ2v) is 6.96. The van der Waals surface area contributed by atoms with Crippen molar-refractivity contribution in [2.24, 2.45) is 5.73 Å². The highest BCUT2D eigenvalue weighted by Gasteiger charge is 2.37. The smallest absolute Gasteiger partial charge is 0.240 e. The van der Waals surface area contributed by atoms with Crippen LogP contribution in [0.5, 0.6) is 11.5 Å². The van der Waals surface area contributed by atoms with Gasteiger partial charge in [0, 0.05) is 0 Å². The lowest BCUT2D eigenvalue weighted by Crippen LogP contribution is -2.52. The molecule has 2 rings (SSSR count). The molecule has 1 aromatic carbocycles. The standard InChI is InChI=1S/C20H32N2O3.ClH/c1-4-12-24-17-9-8-16(14-18(17)25-13-5-2)15(3)22-19(23)20(21)10-6-7-11-20;/h8-9,14-15H,4-7,10-13,21H2,1-3H3,(H,22,23);1H. The molecule has 1 amide bonds. The predicted octanol–water partition coefficient (Wildman–Crippen LogP) is 4.13. The number of benzene rings is 1. The SMILES string of the molecule is CCCOc1ccc(C(C)NC(=O)C2(N)CCCC2)cc1OCCC.Cl. The van der Waals surface area contributed by atoms with Crippen LogP contribution in [0.4, 0.5) is 0 Å². The van der Waals surface area contributed by atoms with Gasteiger partial charge in [-0.1, -0.05) is 32.8 Å². The summed E-state index contributed by atoms with van der Waals surface area (Å²) in [6.07, 6.45) is 5.45. The molecule has 1 fully saturated rings. The van der Waals surface area contributed by atoms with Crippen molar-refractivity contribution < 1.29 is 14.3 Å². The van der Waals surface area contributed by atoms with E-state index < -0.39 is 5.54 Å². The van der Waals surface area contributed by atoms with Gasteiger partial charge in [0.1, 0.15) is 0 Å². The Balaban J connectivity index is 0.00000338. The fourth-order valence-electron chi connectivity index (χ4n) is 3.11. The molecule has 148 valence electrons. The summed E-state index contributed by atoms with van der Waals surface area (Å²) in [4.78, 5) is 12.5. The van der Waals surface area contributed by atoms with Crippen molar-refractivity contribution in [1.82, 2.24) is 5.32 Å². The monoisotopic (exact) mass is 384 g/mol. The zero-order valence-corrected chi connectivity index (χ0v) is 17.0. The van der Waals surface area contributed by atoms with Crippen LogP contribution in [0.3, 0.4) is 0 Å². The van der Waals surface area contributed by atoms with Crippen molar-refractivity contribution in [3.63, 3.8) is 0 Å².